The van der Waals surface area contributed by atoms with Crippen LogP contribution in [-0.4, -0.2) is 25.4 Å². The van der Waals surface area contributed by atoms with Crippen LogP contribution in [0, 0.1) is 12.3 Å². The van der Waals surface area contributed by atoms with Crippen LogP contribution < -0.4 is 16.4 Å². The molecule has 0 spiro atoms. The molecular formula is C24H25N5O2. The Balaban J connectivity index is 2.02. The first-order chi connectivity index (χ1) is 14.6. The Kier molecular flexibility index (Phi) is 4.97. The summed E-state index contributed by atoms with van der Waals surface area (Å²) in [5, 5.41) is 12.0. The molecule has 0 radical (unpaired) electrons. The van der Waals surface area contributed by atoms with Gasteiger partial charge in [-0.2, -0.15) is 0 Å². The van der Waals surface area contributed by atoms with Crippen LogP contribution in [0.1, 0.15) is 42.3 Å². The fraction of sp³-hybridized carbons (Fsp3) is 0.250. The molecule has 31 heavy (non-hydrogen) atoms. The number of pyridine rings is 2. The summed E-state index contributed by atoms with van der Waals surface area (Å²) in [7, 11) is 0. The van der Waals surface area contributed by atoms with Gasteiger partial charge < -0.3 is 9.88 Å². The lowest BCUT2D eigenvalue weighted by atomic mass is 10.1. The zero-order valence-corrected chi connectivity index (χ0v) is 18.1. The van der Waals surface area contributed by atoms with E-state index in [1.807, 2.05) is 58.0 Å². The summed E-state index contributed by atoms with van der Waals surface area (Å²) in [6.45, 7) is 7.95. The van der Waals surface area contributed by atoms with Crippen LogP contribution in [0.2, 0.25) is 0 Å². The molecule has 0 atom stereocenters. The van der Waals surface area contributed by atoms with Gasteiger partial charge in [-0.25, -0.2) is 4.98 Å². The van der Waals surface area contributed by atoms with Crippen molar-refractivity contribution >= 4 is 22.6 Å². The topological polar surface area (TPSA) is 92.2 Å². The zero-order valence-electron chi connectivity index (χ0n) is 18.1. The monoisotopic (exact) mass is 415 g/mol. The maximum Gasteiger partial charge on any atom is 0.267 e. The third kappa shape index (κ3) is 3.99. The second-order valence-electron chi connectivity index (χ2n) is 8.77. The maximum atomic E-state index is 13.2. The molecule has 2 N–H and O–H groups in total. The van der Waals surface area contributed by atoms with Gasteiger partial charge >= 0.3 is 0 Å². The van der Waals surface area contributed by atoms with E-state index < -0.39 is 11.4 Å². The molecule has 0 aliphatic rings. The van der Waals surface area contributed by atoms with Crippen molar-refractivity contribution in [3.63, 3.8) is 0 Å². The van der Waals surface area contributed by atoms with Crippen LogP contribution in [0.5, 0.6) is 0 Å². The second kappa shape index (κ2) is 7.50. The number of hydrogen-bond acceptors (Lipinski definition) is 4. The van der Waals surface area contributed by atoms with Crippen molar-refractivity contribution in [2.45, 2.75) is 39.8 Å². The van der Waals surface area contributed by atoms with Gasteiger partial charge in [0.1, 0.15) is 16.8 Å². The highest BCUT2D eigenvalue weighted by molar-refractivity contribution is 5.97. The number of hydrogen-bond donors (Lipinski definition) is 2. The first-order valence-corrected chi connectivity index (χ1v) is 10.1. The summed E-state index contributed by atoms with van der Waals surface area (Å²) in [5.74, 6) is -0.394. The van der Waals surface area contributed by atoms with Gasteiger partial charge in [0.25, 0.3) is 11.5 Å². The van der Waals surface area contributed by atoms with Crippen molar-refractivity contribution in [3.8, 4) is 0 Å². The average Bonchev–Trinajstić information content (AvgIpc) is 2.70. The number of rotatable bonds is 3. The van der Waals surface area contributed by atoms with Crippen molar-refractivity contribution in [2.24, 2.45) is 0 Å². The molecule has 1 aromatic carbocycles. The van der Waals surface area contributed by atoms with E-state index >= 15 is 0 Å². The van der Waals surface area contributed by atoms with E-state index in [2.05, 4.69) is 10.3 Å². The Morgan fingerprint density at radius 1 is 1.13 bits per heavy atom. The van der Waals surface area contributed by atoms with Gasteiger partial charge in [-0.1, -0.05) is 35.9 Å². The highest BCUT2D eigenvalue weighted by Crippen LogP contribution is 2.13. The number of aromatic nitrogens is 3. The van der Waals surface area contributed by atoms with E-state index in [9.17, 15) is 9.59 Å². The Morgan fingerprint density at radius 3 is 2.52 bits per heavy atom. The minimum Gasteiger partial charge on any atom is -0.347 e. The molecule has 3 aromatic heterocycles. The van der Waals surface area contributed by atoms with Gasteiger partial charge in [0.05, 0.1) is 17.5 Å². The summed E-state index contributed by atoms with van der Waals surface area (Å²) in [5.41, 5.74) is 2.36. The fourth-order valence-electron chi connectivity index (χ4n) is 3.50. The SMILES string of the molecule is Cc1ccc(Cn2c(=N)c(C(=O)NC(C)(C)C)cc3c(=O)n4ccccc4nc32)cc1. The number of carbonyl (C=O) groups excluding carboxylic acids is 1. The second-order valence-corrected chi connectivity index (χ2v) is 8.77. The van der Waals surface area contributed by atoms with Gasteiger partial charge in [-0.05, 0) is 51.5 Å². The molecule has 0 saturated carbocycles. The number of amides is 1. The van der Waals surface area contributed by atoms with E-state index in [-0.39, 0.29) is 16.6 Å². The van der Waals surface area contributed by atoms with Crippen molar-refractivity contribution in [2.75, 3.05) is 0 Å². The molecule has 158 valence electrons. The number of aryl methyl sites for hydroxylation is 1. The van der Waals surface area contributed by atoms with Crippen molar-refractivity contribution in [1.29, 1.82) is 5.41 Å². The molecule has 0 saturated heterocycles. The Labute approximate surface area is 179 Å². The summed E-state index contributed by atoms with van der Waals surface area (Å²) in [4.78, 5) is 30.9. The van der Waals surface area contributed by atoms with Crippen LogP contribution in [-0.2, 0) is 6.54 Å². The molecule has 7 heteroatoms. The molecular weight excluding hydrogens is 390 g/mol. The zero-order chi connectivity index (χ0) is 22.3. The standard InChI is InChI=1S/C24H25N5O2/c1-15-8-10-16(11-9-15)14-29-20(25)17(22(30)27-24(2,3)4)13-18-21(29)26-19-7-5-6-12-28(19)23(18)31/h5-13,25H,14H2,1-4H3,(H,27,30). The molecule has 0 aliphatic carbocycles. The average molecular weight is 415 g/mol. The predicted octanol–water partition coefficient (Wildman–Crippen LogP) is 3.01. The van der Waals surface area contributed by atoms with E-state index in [0.29, 0.717) is 23.2 Å². The van der Waals surface area contributed by atoms with Gasteiger partial charge in [0.15, 0.2) is 0 Å². The van der Waals surface area contributed by atoms with Crippen LogP contribution in [0.4, 0.5) is 0 Å². The molecule has 3 heterocycles. The van der Waals surface area contributed by atoms with Crippen molar-refractivity contribution < 1.29 is 4.79 Å². The third-order valence-electron chi connectivity index (χ3n) is 5.01. The van der Waals surface area contributed by atoms with E-state index in [0.717, 1.165) is 11.1 Å². The fourth-order valence-corrected chi connectivity index (χ4v) is 3.50. The first kappa shape index (κ1) is 20.5. The number of fused-ring (bicyclic) bond motifs is 2. The highest BCUT2D eigenvalue weighted by atomic mass is 16.2. The summed E-state index contributed by atoms with van der Waals surface area (Å²) < 4.78 is 3.08. The Hall–Kier alpha value is -3.74. The largest absolute Gasteiger partial charge is 0.347 e. The minimum atomic E-state index is -0.475. The number of nitrogens with one attached hydrogen (secondary N) is 2. The van der Waals surface area contributed by atoms with Crippen LogP contribution in [0.3, 0.4) is 0 Å². The Morgan fingerprint density at radius 2 is 1.84 bits per heavy atom. The quantitative estimate of drug-likeness (QED) is 0.504. The summed E-state index contributed by atoms with van der Waals surface area (Å²) >= 11 is 0. The van der Waals surface area contributed by atoms with Gasteiger partial charge in [-0.3, -0.25) is 19.4 Å². The predicted molar refractivity (Wildman–Crippen MR) is 120 cm³/mol. The molecule has 4 aromatic rings. The molecule has 0 unspecified atom stereocenters. The summed E-state index contributed by atoms with van der Waals surface area (Å²) in [6.07, 6.45) is 1.65. The smallest absolute Gasteiger partial charge is 0.267 e. The van der Waals surface area contributed by atoms with E-state index in [1.165, 1.54) is 10.5 Å². The maximum absolute atomic E-state index is 13.2. The summed E-state index contributed by atoms with van der Waals surface area (Å²) in [6, 6.07) is 14.7. The molecule has 0 fully saturated rings. The molecule has 1 amide bonds. The van der Waals surface area contributed by atoms with Gasteiger partial charge in [-0.15, -0.1) is 0 Å². The molecule has 4 rings (SSSR count). The van der Waals surface area contributed by atoms with E-state index in [4.69, 9.17) is 5.41 Å². The lowest BCUT2D eigenvalue weighted by molar-refractivity contribution is 0.0917. The minimum absolute atomic E-state index is 0.0157. The highest BCUT2D eigenvalue weighted by Gasteiger charge is 2.21. The van der Waals surface area contributed by atoms with Gasteiger partial charge in [0.2, 0.25) is 0 Å². The number of carbonyl (C=O) groups is 1. The molecule has 0 bridgehead atoms. The lowest BCUT2D eigenvalue weighted by Crippen LogP contribution is -2.43. The van der Waals surface area contributed by atoms with Crippen LogP contribution >= 0.6 is 0 Å². The lowest BCUT2D eigenvalue weighted by Gasteiger charge is -2.21. The third-order valence-corrected chi connectivity index (χ3v) is 5.01. The Bertz CT molecular complexity index is 1420. The molecule has 0 aliphatic heterocycles. The van der Waals surface area contributed by atoms with Gasteiger partial charge in [0, 0.05) is 11.7 Å². The van der Waals surface area contributed by atoms with E-state index in [1.54, 1.807) is 22.9 Å². The van der Waals surface area contributed by atoms with Crippen molar-refractivity contribution in [3.05, 3.63) is 87.3 Å². The molecule has 7 nitrogen and oxygen atoms in total. The van der Waals surface area contributed by atoms with Crippen molar-refractivity contribution in [1.82, 2.24) is 19.3 Å². The number of nitrogens with zero attached hydrogens (tertiary/aromatic N) is 3. The first-order valence-electron chi connectivity index (χ1n) is 10.1. The van der Waals surface area contributed by atoms with Crippen LogP contribution in [0.25, 0.3) is 16.7 Å². The number of benzene rings is 1. The normalized spacial score (nSPS) is 11.7. The van der Waals surface area contributed by atoms with Crippen LogP contribution in [0.15, 0.2) is 59.5 Å².